The Morgan fingerprint density at radius 2 is 1.62 bits per heavy atom. The number of rotatable bonds is 8. The van der Waals surface area contributed by atoms with Crippen molar-refractivity contribution in [1.82, 2.24) is 4.98 Å². The molecule has 11 heteroatoms. The van der Waals surface area contributed by atoms with Gasteiger partial charge in [-0.05, 0) is 80.4 Å². The van der Waals surface area contributed by atoms with Crippen molar-refractivity contribution in [1.29, 1.82) is 0 Å². The fraction of sp³-hybridized carbons (Fsp3) is 0.217. The minimum atomic E-state index is -3.84. The van der Waals surface area contributed by atoms with E-state index in [1.54, 1.807) is 30.3 Å². The van der Waals surface area contributed by atoms with Crippen molar-refractivity contribution >= 4 is 43.0 Å². The molecular formula is C23H26N4O5S2. The van der Waals surface area contributed by atoms with Gasteiger partial charge in [-0.3, -0.25) is 18.8 Å². The number of benzene rings is 2. The van der Waals surface area contributed by atoms with Gasteiger partial charge >= 0.3 is 0 Å². The van der Waals surface area contributed by atoms with Crippen LogP contribution >= 0.6 is 0 Å². The van der Waals surface area contributed by atoms with E-state index in [4.69, 9.17) is 0 Å². The van der Waals surface area contributed by atoms with E-state index in [-0.39, 0.29) is 4.90 Å². The first-order chi connectivity index (χ1) is 15.9. The highest BCUT2D eigenvalue weighted by atomic mass is 32.2. The van der Waals surface area contributed by atoms with Gasteiger partial charge in [-0.2, -0.15) is 0 Å². The number of aryl methyl sites for hydroxylation is 2. The maximum Gasteiger partial charge on any atom is 0.261 e. The summed E-state index contributed by atoms with van der Waals surface area (Å²) in [5, 5.41) is 2.65. The van der Waals surface area contributed by atoms with Crippen LogP contribution in [0.4, 0.5) is 17.1 Å². The van der Waals surface area contributed by atoms with Gasteiger partial charge in [-0.25, -0.2) is 16.8 Å². The zero-order valence-electron chi connectivity index (χ0n) is 19.2. The van der Waals surface area contributed by atoms with Crippen molar-refractivity contribution in [3.63, 3.8) is 0 Å². The molecule has 0 saturated carbocycles. The Morgan fingerprint density at radius 1 is 0.941 bits per heavy atom. The fourth-order valence-corrected chi connectivity index (χ4v) is 5.48. The third kappa shape index (κ3) is 5.91. The third-order valence-corrected chi connectivity index (χ3v) is 7.82. The van der Waals surface area contributed by atoms with Crippen LogP contribution in [-0.2, 0) is 24.8 Å². The number of aromatic nitrogens is 1. The maximum atomic E-state index is 12.9. The Labute approximate surface area is 199 Å². The normalized spacial score (nSPS) is 12.6. The zero-order valence-corrected chi connectivity index (χ0v) is 20.8. The molecule has 1 atom stereocenters. The topological polar surface area (TPSA) is 126 Å². The van der Waals surface area contributed by atoms with Gasteiger partial charge < -0.3 is 5.32 Å². The lowest BCUT2D eigenvalue weighted by atomic mass is 10.1. The molecule has 2 aromatic carbocycles. The van der Waals surface area contributed by atoms with Crippen LogP contribution in [0.2, 0.25) is 0 Å². The van der Waals surface area contributed by atoms with Gasteiger partial charge in [0.05, 0.1) is 28.7 Å². The summed E-state index contributed by atoms with van der Waals surface area (Å²) in [6, 6.07) is 12.9. The summed E-state index contributed by atoms with van der Waals surface area (Å²) in [6.45, 7) is 5.27. The molecule has 0 unspecified atom stereocenters. The molecule has 0 spiro atoms. The number of anilines is 3. The summed E-state index contributed by atoms with van der Waals surface area (Å²) in [7, 11) is -7.60. The van der Waals surface area contributed by atoms with E-state index in [0.717, 1.165) is 21.7 Å². The number of nitrogens with zero attached hydrogens (tertiary/aromatic N) is 2. The molecular weight excluding hydrogens is 476 g/mol. The summed E-state index contributed by atoms with van der Waals surface area (Å²) in [6.07, 6.45) is 3.96. The summed E-state index contributed by atoms with van der Waals surface area (Å²) < 4.78 is 53.6. The van der Waals surface area contributed by atoms with Crippen LogP contribution in [-0.4, -0.2) is 40.0 Å². The fourth-order valence-electron chi connectivity index (χ4n) is 3.27. The molecule has 9 nitrogen and oxygen atoms in total. The minimum Gasteiger partial charge on any atom is -0.324 e. The summed E-state index contributed by atoms with van der Waals surface area (Å²) in [5.41, 5.74) is 2.93. The second kappa shape index (κ2) is 9.82. The van der Waals surface area contributed by atoms with Gasteiger partial charge in [-0.1, -0.05) is 6.07 Å². The van der Waals surface area contributed by atoms with Crippen LogP contribution in [0.5, 0.6) is 0 Å². The average Bonchev–Trinajstić information content (AvgIpc) is 2.76. The second-order valence-electron chi connectivity index (χ2n) is 7.86. The lowest BCUT2D eigenvalue weighted by molar-refractivity contribution is -0.116. The first kappa shape index (κ1) is 25.2. The number of carbonyl (C=O) groups excluding carboxylic acids is 1. The largest absolute Gasteiger partial charge is 0.324 e. The van der Waals surface area contributed by atoms with Gasteiger partial charge in [0.25, 0.3) is 10.0 Å². The maximum absolute atomic E-state index is 12.9. The predicted molar refractivity (Wildman–Crippen MR) is 133 cm³/mol. The van der Waals surface area contributed by atoms with Crippen molar-refractivity contribution < 1.29 is 21.6 Å². The number of carbonyl (C=O) groups is 1. The molecule has 3 rings (SSSR count). The number of sulfonamides is 2. The van der Waals surface area contributed by atoms with E-state index in [1.165, 1.54) is 43.6 Å². The smallest absolute Gasteiger partial charge is 0.261 e. The molecule has 2 N–H and O–H groups in total. The lowest BCUT2D eigenvalue weighted by Crippen LogP contribution is -2.45. The molecule has 180 valence electrons. The zero-order chi connectivity index (χ0) is 25.1. The predicted octanol–water partition coefficient (Wildman–Crippen LogP) is 3.29. The molecule has 0 bridgehead atoms. The van der Waals surface area contributed by atoms with Crippen LogP contribution in [0.25, 0.3) is 0 Å². The van der Waals surface area contributed by atoms with E-state index in [2.05, 4.69) is 15.0 Å². The standard InChI is InChI=1S/C23H26N4O5S2/c1-16-7-10-21(14-17(16)2)27(33(4,29)30)18(3)23(28)25-19-8-11-22(12-9-19)34(31,32)26-20-6-5-13-24-15-20/h5-15,18,26H,1-4H3,(H,25,28)/t18-/m0/s1. The molecule has 0 aliphatic rings. The van der Waals surface area contributed by atoms with E-state index >= 15 is 0 Å². The average molecular weight is 503 g/mol. The molecule has 1 heterocycles. The Kier molecular flexibility index (Phi) is 7.27. The van der Waals surface area contributed by atoms with Crippen molar-refractivity contribution in [2.45, 2.75) is 31.7 Å². The Balaban J connectivity index is 1.78. The summed E-state index contributed by atoms with van der Waals surface area (Å²) in [4.78, 5) is 16.8. The molecule has 1 amide bonds. The summed E-state index contributed by atoms with van der Waals surface area (Å²) in [5.74, 6) is -0.562. The van der Waals surface area contributed by atoms with Gasteiger partial charge in [-0.15, -0.1) is 0 Å². The molecule has 0 aliphatic carbocycles. The second-order valence-corrected chi connectivity index (χ2v) is 11.4. The number of amides is 1. The SMILES string of the molecule is Cc1ccc(N([C@@H](C)C(=O)Nc2ccc(S(=O)(=O)Nc3cccnc3)cc2)S(C)(=O)=O)cc1C. The van der Waals surface area contributed by atoms with Crippen molar-refractivity contribution in [2.75, 3.05) is 20.6 Å². The van der Waals surface area contributed by atoms with Gasteiger partial charge in [0.1, 0.15) is 6.04 Å². The molecule has 0 radical (unpaired) electrons. The van der Waals surface area contributed by atoms with Crippen molar-refractivity contribution in [3.8, 4) is 0 Å². The van der Waals surface area contributed by atoms with Gasteiger partial charge in [0.2, 0.25) is 15.9 Å². The van der Waals surface area contributed by atoms with E-state index < -0.39 is 32.0 Å². The minimum absolute atomic E-state index is 0.00436. The third-order valence-electron chi connectivity index (χ3n) is 5.18. The highest BCUT2D eigenvalue weighted by Crippen LogP contribution is 2.25. The number of hydrogen-bond acceptors (Lipinski definition) is 6. The highest BCUT2D eigenvalue weighted by molar-refractivity contribution is 7.92. The van der Waals surface area contributed by atoms with E-state index in [1.807, 2.05) is 13.8 Å². The van der Waals surface area contributed by atoms with Crippen LogP contribution in [0.15, 0.2) is 71.9 Å². The molecule has 0 saturated heterocycles. The van der Waals surface area contributed by atoms with Gasteiger partial charge in [0, 0.05) is 11.9 Å². The Morgan fingerprint density at radius 3 is 2.18 bits per heavy atom. The molecule has 34 heavy (non-hydrogen) atoms. The van der Waals surface area contributed by atoms with Crippen LogP contribution in [0.3, 0.4) is 0 Å². The van der Waals surface area contributed by atoms with Crippen LogP contribution in [0.1, 0.15) is 18.1 Å². The monoisotopic (exact) mass is 502 g/mol. The Bertz CT molecular complexity index is 1390. The highest BCUT2D eigenvalue weighted by Gasteiger charge is 2.29. The number of pyridine rings is 1. The molecule has 0 fully saturated rings. The van der Waals surface area contributed by atoms with Crippen molar-refractivity contribution in [3.05, 3.63) is 78.1 Å². The number of hydrogen-bond donors (Lipinski definition) is 2. The van der Waals surface area contributed by atoms with E-state index in [0.29, 0.717) is 17.1 Å². The van der Waals surface area contributed by atoms with Crippen LogP contribution < -0.4 is 14.3 Å². The quantitative estimate of drug-likeness (QED) is 0.487. The molecule has 1 aromatic heterocycles. The van der Waals surface area contributed by atoms with Crippen LogP contribution in [0, 0.1) is 13.8 Å². The van der Waals surface area contributed by atoms with Gasteiger partial charge in [0.15, 0.2) is 0 Å². The molecule has 0 aliphatic heterocycles. The Hall–Kier alpha value is -3.44. The lowest BCUT2D eigenvalue weighted by Gasteiger charge is -2.28. The first-order valence-corrected chi connectivity index (χ1v) is 13.6. The summed E-state index contributed by atoms with van der Waals surface area (Å²) >= 11 is 0. The first-order valence-electron chi connectivity index (χ1n) is 10.3. The van der Waals surface area contributed by atoms with Crippen molar-refractivity contribution in [2.24, 2.45) is 0 Å². The number of nitrogens with one attached hydrogen (secondary N) is 2. The molecule has 3 aromatic rings. The van der Waals surface area contributed by atoms with E-state index in [9.17, 15) is 21.6 Å².